The van der Waals surface area contributed by atoms with Crippen LogP contribution < -0.4 is 0 Å². The summed E-state index contributed by atoms with van der Waals surface area (Å²) in [6.07, 6.45) is -4.31. The minimum absolute atomic E-state index is 1.50. The van der Waals surface area contributed by atoms with Crippen LogP contribution in [0.2, 0.25) is 0 Å². The van der Waals surface area contributed by atoms with E-state index in [1.807, 2.05) is 0 Å². The lowest BCUT2D eigenvalue weighted by atomic mass is 11.1. The van der Waals surface area contributed by atoms with E-state index in [0.717, 1.165) is 0 Å². The maximum Gasteiger partial charge on any atom is 0.317 e. The molecule has 4 nitrogen and oxygen atoms in total. The van der Waals surface area contributed by atoms with Crippen LogP contribution in [0, 0.1) is 10.1 Å². The van der Waals surface area contributed by atoms with Crippen LogP contribution in [-0.2, 0) is 0 Å². The highest BCUT2D eigenvalue weighted by molar-refractivity contribution is 6.28. The third-order valence-electron chi connectivity index (χ3n) is 0.143. The van der Waals surface area contributed by atoms with Crippen molar-refractivity contribution in [1.82, 2.24) is 0 Å². The molecule has 0 atom stereocenters. The zero-order valence-corrected chi connectivity index (χ0v) is 6.94. The fraction of sp³-hybridized carbons (Fsp3) is 0. The fourth-order valence-corrected chi connectivity index (χ4v) is 0. The summed E-state index contributed by atoms with van der Waals surface area (Å²) in [6.45, 7) is 2.22. The van der Waals surface area contributed by atoms with Crippen molar-refractivity contribution in [2.75, 3.05) is 0 Å². The van der Waals surface area contributed by atoms with E-state index in [9.17, 15) is 22.0 Å². The van der Waals surface area contributed by atoms with E-state index in [1.165, 1.54) is 0 Å². The molecule has 0 unspecified atom stereocenters. The highest BCUT2D eigenvalue weighted by Gasteiger charge is 1.95. The third-order valence-corrected chi connectivity index (χ3v) is 0.286. The van der Waals surface area contributed by atoms with Gasteiger partial charge in [0.15, 0.2) is 0 Å². The van der Waals surface area contributed by atoms with Crippen molar-refractivity contribution < 1.29 is 32.2 Å². The van der Waals surface area contributed by atoms with Crippen LogP contribution in [0.5, 0.6) is 0 Å². The summed E-state index contributed by atoms with van der Waals surface area (Å²) in [5.41, 5.74) is 0. The molecule has 0 rings (SSSR count). The van der Waals surface area contributed by atoms with Gasteiger partial charge < -0.3 is 5.21 Å². The van der Waals surface area contributed by atoms with Gasteiger partial charge in [-0.2, -0.15) is 22.0 Å². The standard InChI is InChI=1S/C2ClF3.C2H2F2.HNO3/c3-1(4)2(5)6;1-2(3)4;2-1(3)4/h;1H2;(H,2,3,4). The zero-order valence-electron chi connectivity index (χ0n) is 6.19. The molecule has 0 aromatic rings. The van der Waals surface area contributed by atoms with Gasteiger partial charge in [-0.25, -0.2) is 0 Å². The quantitative estimate of drug-likeness (QED) is 0.403. The van der Waals surface area contributed by atoms with Crippen LogP contribution in [0.25, 0.3) is 0 Å². The minimum Gasteiger partial charge on any atom is -0.328 e. The van der Waals surface area contributed by atoms with Gasteiger partial charge in [-0.05, 0) is 18.2 Å². The Bertz CT molecular complexity index is 183. The van der Waals surface area contributed by atoms with Crippen molar-refractivity contribution in [3.05, 3.63) is 34.1 Å². The van der Waals surface area contributed by atoms with E-state index in [2.05, 4.69) is 18.2 Å². The highest BCUT2D eigenvalue weighted by atomic mass is 35.5. The smallest absolute Gasteiger partial charge is 0.317 e. The van der Waals surface area contributed by atoms with Crippen molar-refractivity contribution in [2.24, 2.45) is 0 Å². The lowest BCUT2D eigenvalue weighted by Crippen LogP contribution is -1.81. The van der Waals surface area contributed by atoms with Crippen molar-refractivity contribution in [2.45, 2.75) is 0 Å². The summed E-state index contributed by atoms with van der Waals surface area (Å²) < 4.78 is 52.1. The van der Waals surface area contributed by atoms with Gasteiger partial charge in [0.25, 0.3) is 16.5 Å². The number of hydrogen-bond acceptors (Lipinski definition) is 2. The second-order valence-electron chi connectivity index (χ2n) is 1.10. The Balaban J connectivity index is -0.000000135. The van der Waals surface area contributed by atoms with E-state index in [1.54, 1.807) is 0 Å². The Labute approximate surface area is 79.0 Å². The predicted molar refractivity (Wildman–Crippen MR) is 36.3 cm³/mol. The maximum absolute atomic E-state index is 10.7. The molecule has 0 aliphatic heterocycles. The molecule has 14 heavy (non-hydrogen) atoms. The van der Waals surface area contributed by atoms with Crippen LogP contribution >= 0.6 is 11.6 Å². The highest BCUT2D eigenvalue weighted by Crippen LogP contribution is 2.11. The molecule has 0 spiro atoms. The second-order valence-corrected chi connectivity index (χ2v) is 1.43. The van der Waals surface area contributed by atoms with Crippen molar-refractivity contribution >= 4 is 11.6 Å². The average molecular weight is 244 g/mol. The Hall–Kier alpha value is -1.38. The predicted octanol–water partition coefficient (Wildman–Crippen LogP) is 3.31. The summed E-state index contributed by atoms with van der Waals surface area (Å²) in [7, 11) is 0. The zero-order chi connectivity index (χ0) is 12.3. The van der Waals surface area contributed by atoms with Crippen molar-refractivity contribution in [3.8, 4) is 0 Å². The Morgan fingerprint density at radius 2 is 1.36 bits per heavy atom. The van der Waals surface area contributed by atoms with Crippen molar-refractivity contribution in [3.63, 3.8) is 0 Å². The SMILES string of the molecule is C=C(F)F.FC(F)=C(F)Cl.O=[N+]([O-])O. The summed E-state index contributed by atoms with van der Waals surface area (Å²) in [5.74, 6) is 0. The lowest BCUT2D eigenvalue weighted by Gasteiger charge is -1.70. The molecule has 10 heteroatoms. The van der Waals surface area contributed by atoms with Gasteiger partial charge >= 0.3 is 6.08 Å². The van der Waals surface area contributed by atoms with Gasteiger partial charge in [0.05, 0.1) is 0 Å². The normalized spacial score (nSPS) is 7.00. The maximum atomic E-state index is 10.7. The van der Waals surface area contributed by atoms with E-state index < -0.39 is 22.5 Å². The van der Waals surface area contributed by atoms with Crippen molar-refractivity contribution in [1.29, 1.82) is 0 Å². The first-order chi connectivity index (χ1) is 6.11. The molecule has 0 bridgehead atoms. The Morgan fingerprint density at radius 1 is 1.29 bits per heavy atom. The van der Waals surface area contributed by atoms with Gasteiger partial charge in [-0.1, -0.05) is 0 Å². The Morgan fingerprint density at radius 3 is 1.36 bits per heavy atom. The molecule has 0 saturated carbocycles. The van der Waals surface area contributed by atoms with Gasteiger partial charge in [0, 0.05) is 0 Å². The topological polar surface area (TPSA) is 63.4 Å². The van der Waals surface area contributed by atoms with E-state index in [4.69, 9.17) is 15.3 Å². The molecule has 0 heterocycles. The van der Waals surface area contributed by atoms with Crippen LogP contribution in [-0.4, -0.2) is 10.3 Å². The van der Waals surface area contributed by atoms with E-state index in [0.29, 0.717) is 0 Å². The molecule has 0 radical (unpaired) electrons. The molecule has 0 saturated heterocycles. The first-order valence-electron chi connectivity index (χ1n) is 2.30. The van der Waals surface area contributed by atoms with Crippen LogP contribution in [0.1, 0.15) is 0 Å². The van der Waals surface area contributed by atoms with Crippen LogP contribution in [0.3, 0.4) is 0 Å². The number of nitrogens with zero attached hydrogens (tertiary/aromatic N) is 1. The second kappa shape index (κ2) is 11.6. The molecule has 0 aromatic carbocycles. The largest absolute Gasteiger partial charge is 0.328 e. The van der Waals surface area contributed by atoms with Gasteiger partial charge in [0.1, 0.15) is 0 Å². The summed E-state index contributed by atoms with van der Waals surface area (Å²) >= 11 is 4.08. The molecule has 0 aliphatic carbocycles. The summed E-state index contributed by atoms with van der Waals surface area (Å²) in [6, 6.07) is 0. The molecular weight excluding hydrogens is 240 g/mol. The Kier molecular flexibility index (Phi) is 15.3. The van der Waals surface area contributed by atoms with E-state index >= 15 is 0 Å². The summed E-state index contributed by atoms with van der Waals surface area (Å²) in [5, 5.41) is 11.7. The average Bonchev–Trinajstić information content (AvgIpc) is 1.83. The number of hydrogen-bond donors (Lipinski definition) is 1. The van der Waals surface area contributed by atoms with E-state index in [-0.39, 0.29) is 0 Å². The molecule has 84 valence electrons. The van der Waals surface area contributed by atoms with Gasteiger partial charge in [-0.15, -0.1) is 10.1 Å². The number of rotatable bonds is 0. The molecule has 0 aromatic heterocycles. The monoisotopic (exact) mass is 243 g/mol. The summed E-state index contributed by atoms with van der Waals surface area (Å²) in [4.78, 5) is 8.36. The molecule has 0 fully saturated rings. The van der Waals surface area contributed by atoms with Crippen LogP contribution in [0.15, 0.2) is 24.0 Å². The molecule has 0 amide bonds. The molecule has 1 N–H and O–H groups in total. The van der Waals surface area contributed by atoms with Gasteiger partial charge in [-0.3, -0.25) is 0 Å². The van der Waals surface area contributed by atoms with Gasteiger partial charge in [0.2, 0.25) is 0 Å². The number of halogens is 6. The first kappa shape index (κ1) is 18.4. The minimum atomic E-state index is -2.48. The fourth-order valence-electron chi connectivity index (χ4n) is 0. The third kappa shape index (κ3) is 143. The molecule has 0 aliphatic rings. The molecular formula is C4H3ClF5NO3. The first-order valence-corrected chi connectivity index (χ1v) is 2.68. The van der Waals surface area contributed by atoms with Crippen LogP contribution in [0.4, 0.5) is 22.0 Å². The lowest BCUT2D eigenvalue weighted by molar-refractivity contribution is -0.742.